The number of carbonyl (C=O) groups excluding carboxylic acids is 2. The van der Waals surface area contributed by atoms with Crippen molar-refractivity contribution in [1.82, 2.24) is 4.90 Å². The van der Waals surface area contributed by atoms with E-state index in [0.717, 1.165) is 6.07 Å². The molecule has 1 atom stereocenters. The van der Waals surface area contributed by atoms with Gasteiger partial charge in [-0.2, -0.15) is 0 Å². The summed E-state index contributed by atoms with van der Waals surface area (Å²) in [6.45, 7) is 5.02. The molecule has 0 spiro atoms. The van der Waals surface area contributed by atoms with Gasteiger partial charge in [-0.1, -0.05) is 30.9 Å². The first-order valence-electron chi connectivity index (χ1n) is 9.30. The second-order valence-corrected chi connectivity index (χ2v) is 6.92. The Balaban J connectivity index is 2.06. The van der Waals surface area contributed by atoms with Crippen LogP contribution in [0.15, 0.2) is 66.4 Å². The highest BCUT2D eigenvalue weighted by atomic mass is 19.1. The van der Waals surface area contributed by atoms with Crippen LogP contribution in [0.2, 0.25) is 0 Å². The number of allylic oxidation sites excluding steroid dienone is 1. The van der Waals surface area contributed by atoms with Crippen LogP contribution in [-0.2, 0) is 20.9 Å². The Kier molecular flexibility index (Phi) is 6.40. The zero-order valence-electron chi connectivity index (χ0n) is 16.3. The number of ether oxygens (including phenoxy) is 1. The summed E-state index contributed by atoms with van der Waals surface area (Å²) in [5.41, 5.74) is 0.935. The number of nitrogens with zero attached hydrogens (tertiary/aromatic N) is 1. The van der Waals surface area contributed by atoms with Gasteiger partial charge in [-0.25, -0.2) is 18.0 Å². The van der Waals surface area contributed by atoms with Gasteiger partial charge in [-0.15, -0.1) is 0 Å². The maximum atomic E-state index is 14.5. The molecule has 2 aromatic rings. The number of hydrogen-bond acceptors (Lipinski definition) is 3. The molecule has 0 unspecified atom stereocenters. The molecular formula is C23H20F3NO3. The number of hydrogen-bond donors (Lipinski definition) is 0. The fourth-order valence-electron chi connectivity index (χ4n) is 3.55. The number of esters is 1. The monoisotopic (exact) mass is 415 g/mol. The summed E-state index contributed by atoms with van der Waals surface area (Å²) in [5.74, 6) is -4.09. The number of halogens is 3. The molecule has 30 heavy (non-hydrogen) atoms. The van der Waals surface area contributed by atoms with Crippen molar-refractivity contribution in [2.75, 3.05) is 6.61 Å². The van der Waals surface area contributed by atoms with Gasteiger partial charge in [0.05, 0.1) is 12.1 Å². The quantitative estimate of drug-likeness (QED) is 0.511. The maximum absolute atomic E-state index is 14.5. The topological polar surface area (TPSA) is 46.6 Å². The van der Waals surface area contributed by atoms with E-state index in [-0.39, 0.29) is 42.3 Å². The predicted octanol–water partition coefficient (Wildman–Crippen LogP) is 4.62. The van der Waals surface area contributed by atoms with Crippen LogP contribution in [0.4, 0.5) is 13.2 Å². The molecule has 0 saturated carbocycles. The van der Waals surface area contributed by atoms with Crippen molar-refractivity contribution >= 4 is 11.9 Å². The minimum absolute atomic E-state index is 0.0278. The molecule has 1 aliphatic heterocycles. The number of benzene rings is 2. The smallest absolute Gasteiger partial charge is 0.336 e. The van der Waals surface area contributed by atoms with E-state index in [1.165, 1.54) is 35.2 Å². The highest BCUT2D eigenvalue weighted by Crippen LogP contribution is 2.38. The Morgan fingerprint density at radius 2 is 1.93 bits per heavy atom. The molecule has 7 heteroatoms. The minimum Gasteiger partial charge on any atom is -0.458 e. The fourth-order valence-corrected chi connectivity index (χ4v) is 3.55. The van der Waals surface area contributed by atoms with Crippen molar-refractivity contribution in [2.45, 2.75) is 25.8 Å². The van der Waals surface area contributed by atoms with Crippen LogP contribution < -0.4 is 0 Å². The van der Waals surface area contributed by atoms with E-state index in [0.29, 0.717) is 11.6 Å². The van der Waals surface area contributed by atoms with E-state index in [2.05, 4.69) is 6.58 Å². The lowest BCUT2D eigenvalue weighted by Crippen LogP contribution is -2.38. The van der Waals surface area contributed by atoms with Crippen molar-refractivity contribution in [3.63, 3.8) is 0 Å². The van der Waals surface area contributed by atoms with Crippen molar-refractivity contribution in [1.29, 1.82) is 0 Å². The Labute approximate surface area is 172 Å². The summed E-state index contributed by atoms with van der Waals surface area (Å²) in [5, 5.41) is 0. The summed E-state index contributed by atoms with van der Waals surface area (Å²) >= 11 is 0. The van der Waals surface area contributed by atoms with E-state index < -0.39 is 29.3 Å². The molecule has 0 aliphatic carbocycles. The Bertz CT molecular complexity index is 1030. The van der Waals surface area contributed by atoms with Crippen molar-refractivity contribution in [3.8, 4) is 0 Å². The summed E-state index contributed by atoms with van der Waals surface area (Å²) in [7, 11) is 0. The third-order valence-corrected chi connectivity index (χ3v) is 4.94. The van der Waals surface area contributed by atoms with Crippen LogP contribution in [0, 0.1) is 17.5 Å². The lowest BCUT2D eigenvalue weighted by molar-refractivity contribution is -0.139. The van der Waals surface area contributed by atoms with Crippen molar-refractivity contribution < 1.29 is 27.5 Å². The Morgan fingerprint density at radius 3 is 2.60 bits per heavy atom. The van der Waals surface area contributed by atoms with Crippen LogP contribution in [0.25, 0.3) is 0 Å². The Hall–Kier alpha value is -3.35. The molecule has 2 aromatic carbocycles. The Morgan fingerprint density at radius 1 is 1.20 bits per heavy atom. The van der Waals surface area contributed by atoms with Crippen LogP contribution >= 0.6 is 0 Å². The molecule has 4 nitrogen and oxygen atoms in total. The van der Waals surface area contributed by atoms with E-state index in [9.17, 15) is 22.8 Å². The molecule has 0 N–H and O–H groups in total. The summed E-state index contributed by atoms with van der Waals surface area (Å²) in [4.78, 5) is 27.0. The molecule has 0 radical (unpaired) electrons. The lowest BCUT2D eigenvalue weighted by atomic mass is 9.83. The first kappa shape index (κ1) is 21.4. The largest absolute Gasteiger partial charge is 0.458 e. The van der Waals surface area contributed by atoms with Crippen molar-refractivity contribution in [2.24, 2.45) is 0 Å². The maximum Gasteiger partial charge on any atom is 0.336 e. The second kappa shape index (κ2) is 8.98. The number of amides is 1. The van der Waals surface area contributed by atoms with Crippen LogP contribution in [0.5, 0.6) is 0 Å². The highest BCUT2D eigenvalue weighted by Gasteiger charge is 2.38. The molecule has 1 heterocycles. The zero-order valence-corrected chi connectivity index (χ0v) is 16.3. The SMILES string of the molecule is C=CCOC(=O)C1=C(C)N(Cc2cccc(F)c2)C(=O)C[C@H]1c1ccc(F)cc1F. The predicted molar refractivity (Wildman–Crippen MR) is 105 cm³/mol. The molecule has 0 saturated heterocycles. The first-order chi connectivity index (χ1) is 14.3. The average molecular weight is 415 g/mol. The standard InChI is InChI=1S/C23H20F3NO3/c1-3-9-30-23(29)22-14(2)27(13-15-5-4-6-16(24)10-15)21(28)12-19(22)18-8-7-17(25)11-20(18)26/h3-8,10-11,19H,1,9,12-13H2,2H3/t19-/m0/s1. The summed E-state index contributed by atoms with van der Waals surface area (Å²) < 4.78 is 46.5. The number of rotatable bonds is 6. The zero-order chi connectivity index (χ0) is 21.8. The fraction of sp³-hybridized carbons (Fsp3) is 0.217. The minimum atomic E-state index is -0.931. The van der Waals surface area contributed by atoms with Gasteiger partial charge in [0.2, 0.25) is 5.91 Å². The van der Waals surface area contributed by atoms with E-state index in [1.807, 2.05) is 0 Å². The van der Waals surface area contributed by atoms with Crippen molar-refractivity contribution in [3.05, 3.63) is 95.0 Å². The van der Waals surface area contributed by atoms with Gasteiger partial charge >= 0.3 is 5.97 Å². The average Bonchev–Trinajstić information content (AvgIpc) is 2.69. The molecule has 0 fully saturated rings. The molecule has 0 bridgehead atoms. The van der Waals surface area contributed by atoms with E-state index >= 15 is 0 Å². The lowest BCUT2D eigenvalue weighted by Gasteiger charge is -2.34. The third-order valence-electron chi connectivity index (χ3n) is 4.94. The molecular weight excluding hydrogens is 395 g/mol. The molecule has 3 rings (SSSR count). The van der Waals surface area contributed by atoms with Gasteiger partial charge in [-0.05, 0) is 36.2 Å². The van der Waals surface area contributed by atoms with Crippen LogP contribution in [-0.4, -0.2) is 23.4 Å². The number of carbonyl (C=O) groups is 2. The van der Waals surface area contributed by atoms with Gasteiger partial charge in [0.1, 0.15) is 24.1 Å². The highest BCUT2D eigenvalue weighted by molar-refractivity contribution is 5.96. The molecule has 1 aliphatic rings. The van der Waals surface area contributed by atoms with Gasteiger partial charge in [0.15, 0.2) is 0 Å². The normalized spacial score (nSPS) is 16.6. The van der Waals surface area contributed by atoms with Gasteiger partial charge < -0.3 is 9.64 Å². The molecule has 0 aromatic heterocycles. The van der Waals surface area contributed by atoms with Crippen LogP contribution in [0.3, 0.4) is 0 Å². The van der Waals surface area contributed by atoms with Crippen LogP contribution in [0.1, 0.15) is 30.4 Å². The second-order valence-electron chi connectivity index (χ2n) is 6.92. The van der Waals surface area contributed by atoms with Gasteiger partial charge in [0.25, 0.3) is 0 Å². The third kappa shape index (κ3) is 4.45. The molecule has 1 amide bonds. The van der Waals surface area contributed by atoms with E-state index in [4.69, 9.17) is 4.74 Å². The van der Waals surface area contributed by atoms with Gasteiger partial charge in [0, 0.05) is 24.1 Å². The molecule has 156 valence electrons. The summed E-state index contributed by atoms with van der Waals surface area (Å²) in [6, 6.07) is 8.76. The first-order valence-corrected chi connectivity index (χ1v) is 9.30. The summed E-state index contributed by atoms with van der Waals surface area (Å²) in [6.07, 6.45) is 1.17. The van der Waals surface area contributed by atoms with Gasteiger partial charge in [-0.3, -0.25) is 4.79 Å². The van der Waals surface area contributed by atoms with E-state index in [1.54, 1.807) is 13.0 Å².